The molecule has 0 saturated heterocycles. The Labute approximate surface area is 103 Å². The fourth-order valence-corrected chi connectivity index (χ4v) is 1.78. The number of rotatable bonds is 6. The van der Waals surface area contributed by atoms with Gasteiger partial charge in [-0.05, 0) is 13.3 Å². The molecular formula is C10H15N3O3S. The number of carbonyl (C=O) groups excluding carboxylic acids is 1. The molecule has 6 nitrogen and oxygen atoms in total. The molecule has 1 rings (SSSR count). The highest BCUT2D eigenvalue weighted by Gasteiger charge is 2.08. The van der Waals surface area contributed by atoms with Crippen molar-refractivity contribution in [3.8, 4) is 0 Å². The fraction of sp³-hybridized carbons (Fsp3) is 0.500. The summed E-state index contributed by atoms with van der Waals surface area (Å²) in [7, 11) is 0. The van der Waals surface area contributed by atoms with Crippen molar-refractivity contribution in [1.29, 1.82) is 0 Å². The maximum Gasteiger partial charge on any atom is 0.252 e. The molecule has 1 heterocycles. The van der Waals surface area contributed by atoms with Gasteiger partial charge in [0.1, 0.15) is 18.0 Å². The minimum atomic E-state index is -0.238. The van der Waals surface area contributed by atoms with Crippen LogP contribution in [-0.4, -0.2) is 35.0 Å². The van der Waals surface area contributed by atoms with Gasteiger partial charge in [-0.15, -0.1) is 11.3 Å². The molecule has 0 aromatic carbocycles. The Hall–Kier alpha value is -1.47. The Morgan fingerprint density at radius 2 is 2.47 bits per heavy atom. The molecule has 0 spiro atoms. The van der Waals surface area contributed by atoms with E-state index in [0.717, 1.165) is 6.42 Å². The maximum atomic E-state index is 11.4. The molecule has 0 aliphatic heterocycles. The topological polar surface area (TPSA) is 83.8 Å². The van der Waals surface area contributed by atoms with Gasteiger partial charge in [-0.25, -0.2) is 4.98 Å². The number of aromatic nitrogens is 1. The van der Waals surface area contributed by atoms with Crippen molar-refractivity contribution in [2.45, 2.75) is 20.3 Å². The lowest BCUT2D eigenvalue weighted by atomic mass is 10.3. The first-order valence-electron chi connectivity index (χ1n) is 5.19. The van der Waals surface area contributed by atoms with Gasteiger partial charge < -0.3 is 9.94 Å². The van der Waals surface area contributed by atoms with Gasteiger partial charge in [0.15, 0.2) is 5.13 Å². The maximum absolute atomic E-state index is 11.4. The van der Waals surface area contributed by atoms with Crippen molar-refractivity contribution >= 4 is 28.1 Å². The van der Waals surface area contributed by atoms with Gasteiger partial charge in [0, 0.05) is 12.0 Å². The van der Waals surface area contributed by atoms with Gasteiger partial charge in [0.05, 0.1) is 0 Å². The van der Waals surface area contributed by atoms with E-state index in [9.17, 15) is 4.79 Å². The van der Waals surface area contributed by atoms with Crippen molar-refractivity contribution in [3.05, 3.63) is 11.1 Å². The quantitative estimate of drug-likeness (QED) is 0.351. The summed E-state index contributed by atoms with van der Waals surface area (Å²) in [6, 6.07) is 0. The SMILES string of the molecule is CCCOCC(=O)Nc1nc(C(C)=NO)cs1. The summed E-state index contributed by atoms with van der Waals surface area (Å²) in [5, 5.41) is 16.4. The van der Waals surface area contributed by atoms with Crippen molar-refractivity contribution in [2.24, 2.45) is 5.16 Å². The summed E-state index contributed by atoms with van der Waals surface area (Å²) < 4.78 is 5.09. The van der Waals surface area contributed by atoms with Gasteiger partial charge in [-0.1, -0.05) is 12.1 Å². The van der Waals surface area contributed by atoms with Crippen LogP contribution in [0.1, 0.15) is 26.0 Å². The first kappa shape index (κ1) is 13.6. The molecule has 0 atom stereocenters. The van der Waals surface area contributed by atoms with Gasteiger partial charge in [0.2, 0.25) is 0 Å². The van der Waals surface area contributed by atoms with E-state index in [1.54, 1.807) is 12.3 Å². The Bertz CT molecular complexity index is 403. The predicted octanol–water partition coefficient (Wildman–Crippen LogP) is 1.71. The standard InChI is InChI=1S/C10H15N3O3S/c1-3-4-16-5-9(14)12-10-11-8(6-17-10)7(2)13-15/h6,15H,3-5H2,1-2H3,(H,11,12,14). The number of carbonyl (C=O) groups is 1. The molecule has 7 heteroatoms. The molecule has 17 heavy (non-hydrogen) atoms. The number of hydrogen-bond acceptors (Lipinski definition) is 6. The molecule has 0 bridgehead atoms. The molecule has 0 unspecified atom stereocenters. The lowest BCUT2D eigenvalue weighted by molar-refractivity contribution is -0.120. The molecule has 0 saturated carbocycles. The van der Waals surface area contributed by atoms with Crippen LogP contribution in [0.25, 0.3) is 0 Å². The normalized spacial score (nSPS) is 11.5. The molecule has 1 aromatic rings. The Kier molecular flexibility index (Phi) is 5.58. The highest BCUT2D eigenvalue weighted by Crippen LogP contribution is 2.15. The number of nitrogens with zero attached hydrogens (tertiary/aromatic N) is 2. The third kappa shape index (κ3) is 4.49. The number of amides is 1. The summed E-state index contributed by atoms with van der Waals surface area (Å²) in [6.45, 7) is 4.19. The van der Waals surface area contributed by atoms with Crippen molar-refractivity contribution in [3.63, 3.8) is 0 Å². The molecule has 0 aliphatic rings. The zero-order valence-electron chi connectivity index (χ0n) is 9.77. The summed E-state index contributed by atoms with van der Waals surface area (Å²) in [5.74, 6) is -0.238. The first-order valence-corrected chi connectivity index (χ1v) is 6.07. The van der Waals surface area contributed by atoms with Crippen LogP contribution in [0.15, 0.2) is 10.5 Å². The van der Waals surface area contributed by atoms with Crippen LogP contribution in [0.4, 0.5) is 5.13 Å². The molecule has 0 radical (unpaired) electrons. The summed E-state index contributed by atoms with van der Waals surface area (Å²) in [4.78, 5) is 15.5. The van der Waals surface area contributed by atoms with E-state index in [1.807, 2.05) is 6.92 Å². The van der Waals surface area contributed by atoms with Crippen LogP contribution < -0.4 is 5.32 Å². The average molecular weight is 257 g/mol. The van der Waals surface area contributed by atoms with Crippen molar-refractivity contribution in [1.82, 2.24) is 4.98 Å². The second-order valence-electron chi connectivity index (χ2n) is 3.32. The second kappa shape index (κ2) is 6.97. The van der Waals surface area contributed by atoms with E-state index in [0.29, 0.717) is 23.1 Å². The highest BCUT2D eigenvalue weighted by atomic mass is 32.1. The number of hydrogen-bond donors (Lipinski definition) is 2. The van der Waals surface area contributed by atoms with Crippen LogP contribution in [0, 0.1) is 0 Å². The molecule has 1 amide bonds. The predicted molar refractivity (Wildman–Crippen MR) is 65.9 cm³/mol. The second-order valence-corrected chi connectivity index (χ2v) is 4.18. The van der Waals surface area contributed by atoms with E-state index in [2.05, 4.69) is 15.5 Å². The monoisotopic (exact) mass is 257 g/mol. The average Bonchev–Trinajstić information content (AvgIpc) is 2.77. The minimum absolute atomic E-state index is 0.0236. The van der Waals surface area contributed by atoms with Gasteiger partial charge in [-0.3, -0.25) is 10.1 Å². The minimum Gasteiger partial charge on any atom is -0.411 e. The third-order valence-corrected chi connectivity index (χ3v) is 2.61. The van der Waals surface area contributed by atoms with Crippen LogP contribution in [-0.2, 0) is 9.53 Å². The lowest BCUT2D eigenvalue weighted by Gasteiger charge is -2.01. The van der Waals surface area contributed by atoms with Gasteiger partial charge >= 0.3 is 0 Å². The van der Waals surface area contributed by atoms with Crippen molar-refractivity contribution in [2.75, 3.05) is 18.5 Å². The largest absolute Gasteiger partial charge is 0.411 e. The van der Waals surface area contributed by atoms with Crippen LogP contribution >= 0.6 is 11.3 Å². The van der Waals surface area contributed by atoms with E-state index < -0.39 is 0 Å². The molecule has 0 fully saturated rings. The Morgan fingerprint density at radius 3 is 3.12 bits per heavy atom. The molecule has 0 aliphatic carbocycles. The van der Waals surface area contributed by atoms with Crippen LogP contribution in [0.3, 0.4) is 0 Å². The first-order chi connectivity index (χ1) is 8.17. The molecule has 1 aromatic heterocycles. The number of oxime groups is 1. The summed E-state index contributed by atoms with van der Waals surface area (Å²) in [5.41, 5.74) is 0.950. The zero-order chi connectivity index (χ0) is 12.7. The van der Waals surface area contributed by atoms with E-state index >= 15 is 0 Å². The zero-order valence-corrected chi connectivity index (χ0v) is 10.6. The molecule has 2 N–H and O–H groups in total. The highest BCUT2D eigenvalue weighted by molar-refractivity contribution is 7.14. The fourth-order valence-electron chi connectivity index (χ4n) is 1.01. The number of anilines is 1. The lowest BCUT2D eigenvalue weighted by Crippen LogP contribution is -2.18. The van der Waals surface area contributed by atoms with Gasteiger partial charge in [0.25, 0.3) is 5.91 Å². The van der Waals surface area contributed by atoms with Crippen LogP contribution in [0.2, 0.25) is 0 Å². The Morgan fingerprint density at radius 1 is 1.71 bits per heavy atom. The van der Waals surface area contributed by atoms with E-state index in [-0.39, 0.29) is 12.5 Å². The summed E-state index contributed by atoms with van der Waals surface area (Å²) >= 11 is 1.27. The Balaban J connectivity index is 2.46. The van der Waals surface area contributed by atoms with Crippen LogP contribution in [0.5, 0.6) is 0 Å². The number of ether oxygens (including phenoxy) is 1. The third-order valence-electron chi connectivity index (χ3n) is 1.85. The smallest absolute Gasteiger partial charge is 0.252 e. The number of thiazole rings is 1. The number of nitrogens with one attached hydrogen (secondary N) is 1. The van der Waals surface area contributed by atoms with Gasteiger partial charge in [-0.2, -0.15) is 0 Å². The molecular weight excluding hydrogens is 242 g/mol. The van der Waals surface area contributed by atoms with E-state index in [4.69, 9.17) is 9.94 Å². The van der Waals surface area contributed by atoms with E-state index in [1.165, 1.54) is 11.3 Å². The molecule has 94 valence electrons. The van der Waals surface area contributed by atoms with Crippen molar-refractivity contribution < 1.29 is 14.7 Å². The summed E-state index contributed by atoms with van der Waals surface area (Å²) in [6.07, 6.45) is 0.876.